The van der Waals surface area contributed by atoms with Crippen LogP contribution in [0.5, 0.6) is 11.5 Å². The van der Waals surface area contributed by atoms with Crippen LogP contribution in [0.2, 0.25) is 0 Å². The quantitative estimate of drug-likeness (QED) is 0.508. The number of Topliss-reactive ketones (excluding diaryl/α,β-unsaturated/α-hetero) is 1. The third kappa shape index (κ3) is 1.88. The van der Waals surface area contributed by atoms with E-state index in [1.54, 1.807) is 0 Å². The van der Waals surface area contributed by atoms with Gasteiger partial charge in [-0.2, -0.15) is 0 Å². The second-order valence-electron chi connectivity index (χ2n) is 3.00. The molecule has 0 fully saturated rings. The minimum absolute atomic E-state index is 0.0647. The van der Waals surface area contributed by atoms with Crippen LogP contribution in [0.4, 0.5) is 5.69 Å². The molecule has 1 aliphatic rings. The van der Waals surface area contributed by atoms with Crippen molar-refractivity contribution in [2.45, 2.75) is 0 Å². The Bertz CT molecular complexity index is 429. The fourth-order valence-corrected chi connectivity index (χ4v) is 1.20. The van der Waals surface area contributed by atoms with Crippen LogP contribution in [0.25, 0.3) is 0 Å². The summed E-state index contributed by atoms with van der Waals surface area (Å²) in [4.78, 5) is 20.9. The number of rotatable bonds is 1. The molecular weight excluding hydrogens is 202 g/mol. The summed E-state index contributed by atoms with van der Waals surface area (Å²) in [5, 5.41) is 10.5. The maximum absolute atomic E-state index is 11.0. The van der Waals surface area contributed by atoms with E-state index in [9.17, 15) is 14.9 Å². The summed E-state index contributed by atoms with van der Waals surface area (Å²) in [5.74, 6) is 0.385. The molecule has 0 radical (unpaired) electrons. The lowest BCUT2D eigenvalue weighted by Gasteiger charge is -2.04. The highest BCUT2D eigenvalue weighted by molar-refractivity contribution is 5.82. The number of carbonyl (C=O) groups is 1. The Morgan fingerprint density at radius 2 is 1.87 bits per heavy atom. The molecule has 6 heteroatoms. The van der Waals surface area contributed by atoms with Gasteiger partial charge in [0.05, 0.1) is 11.0 Å². The van der Waals surface area contributed by atoms with Gasteiger partial charge < -0.3 is 9.47 Å². The SMILES string of the molecule is O=C1COc2ccc([N+](=O)[O-])cc2OC1. The van der Waals surface area contributed by atoms with Gasteiger partial charge in [0.15, 0.2) is 24.7 Å². The molecule has 15 heavy (non-hydrogen) atoms. The summed E-state index contributed by atoms with van der Waals surface area (Å²) in [6.07, 6.45) is 0. The van der Waals surface area contributed by atoms with Gasteiger partial charge in [0.2, 0.25) is 5.78 Å². The number of non-ortho nitro benzene ring substituents is 1. The number of hydrogen-bond donors (Lipinski definition) is 0. The number of nitro benzene ring substituents is 1. The molecule has 0 atom stereocenters. The van der Waals surface area contributed by atoms with Gasteiger partial charge in [-0.05, 0) is 6.07 Å². The van der Waals surface area contributed by atoms with Crippen molar-refractivity contribution >= 4 is 11.5 Å². The predicted octanol–water partition coefficient (Wildman–Crippen LogP) is 0.935. The first-order valence-corrected chi connectivity index (χ1v) is 4.22. The van der Waals surface area contributed by atoms with Crippen LogP contribution >= 0.6 is 0 Å². The standard InChI is InChI=1S/C9H7NO5/c11-7-4-14-8-2-1-6(10(12)13)3-9(8)15-5-7/h1-3H,4-5H2. The van der Waals surface area contributed by atoms with Gasteiger partial charge in [-0.15, -0.1) is 0 Å². The van der Waals surface area contributed by atoms with Crippen molar-refractivity contribution in [3.05, 3.63) is 28.3 Å². The number of nitrogens with zero attached hydrogens (tertiary/aromatic N) is 1. The Balaban J connectivity index is 2.36. The van der Waals surface area contributed by atoms with Crippen molar-refractivity contribution < 1.29 is 19.2 Å². The molecule has 0 bridgehead atoms. The fraction of sp³-hybridized carbons (Fsp3) is 0.222. The number of benzene rings is 1. The molecular formula is C9H7NO5. The van der Waals surface area contributed by atoms with Crippen molar-refractivity contribution in [3.8, 4) is 11.5 Å². The number of carbonyl (C=O) groups excluding carboxylic acids is 1. The Labute approximate surface area is 84.6 Å². The van der Waals surface area contributed by atoms with E-state index in [1.165, 1.54) is 18.2 Å². The van der Waals surface area contributed by atoms with E-state index in [-0.39, 0.29) is 30.4 Å². The summed E-state index contributed by atoms with van der Waals surface area (Å²) in [7, 11) is 0. The molecule has 0 amide bonds. The maximum atomic E-state index is 11.0. The Hall–Kier alpha value is -2.11. The summed E-state index contributed by atoms with van der Waals surface area (Å²) >= 11 is 0. The smallest absolute Gasteiger partial charge is 0.273 e. The van der Waals surface area contributed by atoms with Crippen LogP contribution < -0.4 is 9.47 Å². The van der Waals surface area contributed by atoms with E-state index in [2.05, 4.69) is 0 Å². The summed E-state index contributed by atoms with van der Waals surface area (Å²) < 4.78 is 10.2. The Kier molecular flexibility index (Phi) is 2.24. The van der Waals surface area contributed by atoms with E-state index in [0.717, 1.165) is 0 Å². The van der Waals surface area contributed by atoms with Crippen molar-refractivity contribution in [2.24, 2.45) is 0 Å². The second-order valence-corrected chi connectivity index (χ2v) is 3.00. The highest BCUT2D eigenvalue weighted by Crippen LogP contribution is 2.32. The molecule has 0 unspecified atom stereocenters. The highest BCUT2D eigenvalue weighted by atomic mass is 16.6. The van der Waals surface area contributed by atoms with Gasteiger partial charge in [0, 0.05) is 6.07 Å². The van der Waals surface area contributed by atoms with Crippen molar-refractivity contribution in [1.82, 2.24) is 0 Å². The van der Waals surface area contributed by atoms with Crippen molar-refractivity contribution in [3.63, 3.8) is 0 Å². The molecule has 0 aliphatic carbocycles. The number of hydrogen-bond acceptors (Lipinski definition) is 5. The molecule has 0 saturated heterocycles. The van der Waals surface area contributed by atoms with Gasteiger partial charge in [-0.3, -0.25) is 14.9 Å². The topological polar surface area (TPSA) is 78.7 Å². The molecule has 0 N–H and O–H groups in total. The van der Waals surface area contributed by atoms with Crippen LogP contribution in [-0.2, 0) is 4.79 Å². The minimum Gasteiger partial charge on any atom is -0.482 e. The molecule has 78 valence electrons. The van der Waals surface area contributed by atoms with Gasteiger partial charge in [-0.25, -0.2) is 0 Å². The zero-order valence-corrected chi connectivity index (χ0v) is 7.63. The zero-order valence-electron chi connectivity index (χ0n) is 7.63. The lowest BCUT2D eigenvalue weighted by atomic mass is 10.3. The molecule has 0 aromatic heterocycles. The van der Waals surface area contributed by atoms with Crippen LogP contribution in [0.1, 0.15) is 0 Å². The first kappa shape index (κ1) is 9.45. The summed E-state index contributed by atoms with van der Waals surface area (Å²) in [5.41, 5.74) is -0.0910. The van der Waals surface area contributed by atoms with Crippen molar-refractivity contribution in [2.75, 3.05) is 13.2 Å². The first-order chi connectivity index (χ1) is 7.16. The number of nitro groups is 1. The molecule has 1 aromatic carbocycles. The number of ether oxygens (including phenoxy) is 2. The van der Waals surface area contributed by atoms with E-state index < -0.39 is 4.92 Å². The minimum atomic E-state index is -0.531. The molecule has 1 aliphatic heterocycles. The number of fused-ring (bicyclic) bond motifs is 1. The average Bonchev–Trinajstić information content (AvgIpc) is 2.40. The summed E-state index contributed by atoms with van der Waals surface area (Å²) in [6, 6.07) is 3.97. The molecule has 2 rings (SSSR count). The van der Waals surface area contributed by atoms with Gasteiger partial charge in [0.25, 0.3) is 5.69 Å². The monoisotopic (exact) mass is 209 g/mol. The number of ketones is 1. The average molecular weight is 209 g/mol. The molecule has 1 heterocycles. The van der Waals surface area contributed by atoms with Gasteiger partial charge in [-0.1, -0.05) is 0 Å². The van der Waals surface area contributed by atoms with E-state index in [4.69, 9.17) is 9.47 Å². The normalized spacial score (nSPS) is 14.5. The van der Waals surface area contributed by atoms with Crippen LogP contribution in [0.15, 0.2) is 18.2 Å². The zero-order chi connectivity index (χ0) is 10.8. The maximum Gasteiger partial charge on any atom is 0.273 e. The van der Waals surface area contributed by atoms with Crippen LogP contribution in [0, 0.1) is 10.1 Å². The van der Waals surface area contributed by atoms with Crippen LogP contribution in [-0.4, -0.2) is 23.9 Å². The van der Waals surface area contributed by atoms with E-state index >= 15 is 0 Å². The van der Waals surface area contributed by atoms with Crippen LogP contribution in [0.3, 0.4) is 0 Å². The van der Waals surface area contributed by atoms with Crippen molar-refractivity contribution in [1.29, 1.82) is 0 Å². The van der Waals surface area contributed by atoms with Gasteiger partial charge in [0.1, 0.15) is 0 Å². The molecule has 0 saturated carbocycles. The Morgan fingerprint density at radius 1 is 1.20 bits per heavy atom. The molecule has 6 nitrogen and oxygen atoms in total. The lowest BCUT2D eigenvalue weighted by Crippen LogP contribution is -2.15. The lowest BCUT2D eigenvalue weighted by molar-refractivity contribution is -0.385. The molecule has 1 aromatic rings. The highest BCUT2D eigenvalue weighted by Gasteiger charge is 2.18. The Morgan fingerprint density at radius 3 is 2.53 bits per heavy atom. The predicted molar refractivity (Wildman–Crippen MR) is 49.1 cm³/mol. The second kappa shape index (κ2) is 3.56. The largest absolute Gasteiger partial charge is 0.482 e. The summed E-state index contributed by atoms with van der Waals surface area (Å²) in [6.45, 7) is -0.182. The molecule has 0 spiro atoms. The van der Waals surface area contributed by atoms with Gasteiger partial charge >= 0.3 is 0 Å². The third-order valence-electron chi connectivity index (χ3n) is 1.92. The fourth-order valence-electron chi connectivity index (χ4n) is 1.20. The third-order valence-corrected chi connectivity index (χ3v) is 1.92. The van der Waals surface area contributed by atoms with E-state index in [1.807, 2.05) is 0 Å². The van der Waals surface area contributed by atoms with E-state index in [0.29, 0.717) is 5.75 Å². The first-order valence-electron chi connectivity index (χ1n) is 4.22.